The van der Waals surface area contributed by atoms with Crippen LogP contribution in [0.5, 0.6) is 0 Å². The SMILES string of the molecule is Nc1ccc2c(N)cncc2n1. The zero-order valence-electron chi connectivity index (χ0n) is 6.36. The van der Waals surface area contributed by atoms with E-state index in [1.807, 2.05) is 6.07 Å². The van der Waals surface area contributed by atoms with Crippen LogP contribution in [0.25, 0.3) is 10.9 Å². The van der Waals surface area contributed by atoms with Crippen LogP contribution in [-0.2, 0) is 0 Å². The average Bonchev–Trinajstić information content (AvgIpc) is 2.04. The lowest BCUT2D eigenvalue weighted by Gasteiger charge is -1.99. The number of aromatic nitrogens is 2. The van der Waals surface area contributed by atoms with Crippen molar-refractivity contribution in [1.82, 2.24) is 9.97 Å². The Morgan fingerprint density at radius 1 is 1.08 bits per heavy atom. The minimum atomic E-state index is 0.481. The van der Waals surface area contributed by atoms with Crippen LogP contribution in [0.1, 0.15) is 0 Å². The van der Waals surface area contributed by atoms with Gasteiger partial charge in [0.05, 0.1) is 23.6 Å². The summed E-state index contributed by atoms with van der Waals surface area (Å²) in [7, 11) is 0. The van der Waals surface area contributed by atoms with Crippen molar-refractivity contribution in [1.29, 1.82) is 0 Å². The van der Waals surface area contributed by atoms with Gasteiger partial charge in [-0.05, 0) is 12.1 Å². The lowest BCUT2D eigenvalue weighted by Crippen LogP contribution is -1.93. The highest BCUT2D eigenvalue weighted by Gasteiger charge is 1.98. The summed E-state index contributed by atoms with van der Waals surface area (Å²) < 4.78 is 0. The molecule has 2 rings (SSSR count). The van der Waals surface area contributed by atoms with Crippen LogP contribution in [0.4, 0.5) is 11.5 Å². The lowest BCUT2D eigenvalue weighted by atomic mass is 10.2. The highest BCUT2D eigenvalue weighted by molar-refractivity contribution is 5.89. The van der Waals surface area contributed by atoms with E-state index >= 15 is 0 Å². The van der Waals surface area contributed by atoms with E-state index in [1.165, 1.54) is 0 Å². The van der Waals surface area contributed by atoms with Crippen LogP contribution in [0.2, 0.25) is 0 Å². The third-order valence-corrected chi connectivity index (χ3v) is 1.67. The number of hydrogen-bond donors (Lipinski definition) is 2. The summed E-state index contributed by atoms with van der Waals surface area (Å²) in [5.41, 5.74) is 12.5. The Balaban J connectivity index is 2.86. The van der Waals surface area contributed by atoms with Crippen LogP contribution in [0.3, 0.4) is 0 Å². The quantitative estimate of drug-likeness (QED) is 0.597. The number of nitrogens with zero attached hydrogens (tertiary/aromatic N) is 2. The van der Waals surface area contributed by atoms with Crippen molar-refractivity contribution < 1.29 is 0 Å². The van der Waals surface area contributed by atoms with Crippen molar-refractivity contribution in [3.05, 3.63) is 24.5 Å². The Kier molecular flexibility index (Phi) is 1.33. The van der Waals surface area contributed by atoms with Gasteiger partial charge in [-0.15, -0.1) is 0 Å². The van der Waals surface area contributed by atoms with Gasteiger partial charge in [0, 0.05) is 5.39 Å². The van der Waals surface area contributed by atoms with Gasteiger partial charge in [-0.3, -0.25) is 4.98 Å². The summed E-state index contributed by atoms with van der Waals surface area (Å²) in [5, 5.41) is 0.888. The molecule has 0 aliphatic heterocycles. The second kappa shape index (κ2) is 2.34. The topological polar surface area (TPSA) is 77.8 Å². The van der Waals surface area contributed by atoms with E-state index in [4.69, 9.17) is 11.5 Å². The molecule has 0 spiro atoms. The molecule has 12 heavy (non-hydrogen) atoms. The molecule has 0 saturated heterocycles. The monoisotopic (exact) mass is 160 g/mol. The van der Waals surface area contributed by atoms with Crippen molar-refractivity contribution in [2.24, 2.45) is 0 Å². The van der Waals surface area contributed by atoms with Crippen LogP contribution in [-0.4, -0.2) is 9.97 Å². The normalized spacial score (nSPS) is 10.3. The molecule has 4 nitrogen and oxygen atoms in total. The molecule has 0 fully saturated rings. The molecule has 0 atom stereocenters. The van der Waals surface area contributed by atoms with E-state index in [0.717, 1.165) is 10.9 Å². The fraction of sp³-hybridized carbons (Fsp3) is 0. The minimum absolute atomic E-state index is 0.481. The number of rotatable bonds is 0. The molecule has 0 saturated carbocycles. The molecule has 4 heteroatoms. The van der Waals surface area contributed by atoms with Gasteiger partial charge in [-0.2, -0.15) is 0 Å². The molecular weight excluding hydrogens is 152 g/mol. The number of anilines is 2. The Hall–Kier alpha value is -1.84. The van der Waals surface area contributed by atoms with E-state index in [2.05, 4.69) is 9.97 Å². The summed E-state index contributed by atoms with van der Waals surface area (Å²) >= 11 is 0. The summed E-state index contributed by atoms with van der Waals surface area (Å²) in [6, 6.07) is 3.56. The fourth-order valence-corrected chi connectivity index (χ4v) is 1.09. The first-order chi connectivity index (χ1) is 5.77. The lowest BCUT2D eigenvalue weighted by molar-refractivity contribution is 1.32. The molecule has 0 aromatic carbocycles. The molecular formula is C8H8N4. The summed E-state index contributed by atoms with van der Waals surface area (Å²) in [6.45, 7) is 0. The number of nitrogens with two attached hydrogens (primary N) is 2. The summed E-state index contributed by atoms with van der Waals surface area (Å²) in [6.07, 6.45) is 3.24. The van der Waals surface area contributed by atoms with Crippen LogP contribution >= 0.6 is 0 Å². The van der Waals surface area contributed by atoms with E-state index in [-0.39, 0.29) is 0 Å². The average molecular weight is 160 g/mol. The zero-order chi connectivity index (χ0) is 8.55. The molecule has 4 N–H and O–H groups in total. The number of hydrogen-bond acceptors (Lipinski definition) is 4. The van der Waals surface area contributed by atoms with Gasteiger partial charge in [0.25, 0.3) is 0 Å². The van der Waals surface area contributed by atoms with Gasteiger partial charge in [0.1, 0.15) is 5.82 Å². The maximum atomic E-state index is 5.66. The van der Waals surface area contributed by atoms with Gasteiger partial charge in [0.2, 0.25) is 0 Å². The largest absolute Gasteiger partial charge is 0.397 e. The Morgan fingerprint density at radius 3 is 2.75 bits per heavy atom. The summed E-state index contributed by atoms with van der Waals surface area (Å²) in [5.74, 6) is 0.481. The van der Waals surface area contributed by atoms with Crippen molar-refractivity contribution in [3.63, 3.8) is 0 Å². The molecule has 2 aromatic heterocycles. The molecule has 0 aliphatic carbocycles. The van der Waals surface area contributed by atoms with Gasteiger partial charge in [0.15, 0.2) is 0 Å². The molecule has 0 aliphatic rings. The molecule has 0 bridgehead atoms. The fourth-order valence-electron chi connectivity index (χ4n) is 1.09. The Labute approximate surface area is 69.2 Å². The molecule has 60 valence electrons. The molecule has 0 amide bonds. The highest BCUT2D eigenvalue weighted by atomic mass is 14.8. The summed E-state index contributed by atoms with van der Waals surface area (Å²) in [4.78, 5) is 7.98. The van der Waals surface area contributed by atoms with Gasteiger partial charge in [-0.1, -0.05) is 0 Å². The van der Waals surface area contributed by atoms with Gasteiger partial charge >= 0.3 is 0 Å². The molecule has 0 radical (unpaired) electrons. The van der Waals surface area contributed by atoms with Crippen molar-refractivity contribution in [2.45, 2.75) is 0 Å². The van der Waals surface area contributed by atoms with E-state index in [1.54, 1.807) is 18.5 Å². The standard InChI is InChI=1S/C8H8N4/c9-6-3-11-4-7-5(6)1-2-8(10)12-7/h1-4H,9H2,(H2,10,12). The minimum Gasteiger partial charge on any atom is -0.397 e. The first kappa shape index (κ1) is 6.84. The van der Waals surface area contributed by atoms with Crippen molar-refractivity contribution in [2.75, 3.05) is 11.5 Å². The number of pyridine rings is 2. The zero-order valence-corrected chi connectivity index (χ0v) is 6.36. The third-order valence-electron chi connectivity index (χ3n) is 1.67. The third kappa shape index (κ3) is 0.934. The Bertz CT molecular complexity index is 424. The maximum Gasteiger partial charge on any atom is 0.124 e. The second-order valence-electron chi connectivity index (χ2n) is 2.53. The van der Waals surface area contributed by atoms with Crippen LogP contribution < -0.4 is 11.5 Å². The second-order valence-corrected chi connectivity index (χ2v) is 2.53. The maximum absolute atomic E-state index is 5.66. The predicted octanol–water partition coefficient (Wildman–Crippen LogP) is 0.794. The highest BCUT2D eigenvalue weighted by Crippen LogP contribution is 2.17. The molecule has 0 unspecified atom stereocenters. The van der Waals surface area contributed by atoms with Crippen molar-refractivity contribution in [3.8, 4) is 0 Å². The molecule has 2 aromatic rings. The number of nitrogen functional groups attached to an aromatic ring is 2. The van der Waals surface area contributed by atoms with Gasteiger partial charge in [-0.25, -0.2) is 4.98 Å². The van der Waals surface area contributed by atoms with E-state index in [0.29, 0.717) is 11.5 Å². The van der Waals surface area contributed by atoms with E-state index in [9.17, 15) is 0 Å². The number of fused-ring (bicyclic) bond motifs is 1. The molecule has 2 heterocycles. The predicted molar refractivity (Wildman–Crippen MR) is 48.4 cm³/mol. The Morgan fingerprint density at radius 2 is 1.92 bits per heavy atom. The van der Waals surface area contributed by atoms with Crippen molar-refractivity contribution >= 4 is 22.4 Å². The van der Waals surface area contributed by atoms with Crippen LogP contribution in [0.15, 0.2) is 24.5 Å². The van der Waals surface area contributed by atoms with E-state index < -0.39 is 0 Å². The van der Waals surface area contributed by atoms with Gasteiger partial charge < -0.3 is 11.5 Å². The first-order valence-electron chi connectivity index (χ1n) is 3.53. The smallest absolute Gasteiger partial charge is 0.124 e. The first-order valence-corrected chi connectivity index (χ1v) is 3.53. The van der Waals surface area contributed by atoms with Crippen LogP contribution in [0, 0.1) is 0 Å².